The van der Waals surface area contributed by atoms with Crippen molar-refractivity contribution in [2.45, 2.75) is 38.6 Å². The number of benzene rings is 1. The van der Waals surface area contributed by atoms with Gasteiger partial charge < -0.3 is 15.2 Å². The highest BCUT2D eigenvalue weighted by Crippen LogP contribution is 2.33. The van der Waals surface area contributed by atoms with Crippen LogP contribution < -0.4 is 5.32 Å². The normalized spacial score (nSPS) is 13.6. The number of amides is 1. The first-order valence-electron chi connectivity index (χ1n) is 6.41. The van der Waals surface area contributed by atoms with E-state index in [2.05, 4.69) is 21.2 Å². The molecule has 8 heteroatoms. The van der Waals surface area contributed by atoms with Gasteiger partial charge in [-0.3, -0.25) is 0 Å². The molecule has 0 saturated carbocycles. The summed E-state index contributed by atoms with van der Waals surface area (Å²) in [7, 11) is 0. The summed E-state index contributed by atoms with van der Waals surface area (Å²) >= 11 is 3.03. The van der Waals surface area contributed by atoms with E-state index in [1.54, 1.807) is 20.8 Å². The fraction of sp³-hybridized carbons (Fsp3) is 0.500. The monoisotopic (exact) mass is 383 g/mol. The van der Waals surface area contributed by atoms with Crippen molar-refractivity contribution in [3.63, 3.8) is 0 Å². The van der Waals surface area contributed by atoms with Gasteiger partial charge in [0.2, 0.25) is 0 Å². The Kier molecular flexibility index (Phi) is 5.86. The van der Waals surface area contributed by atoms with E-state index < -0.39 is 36.1 Å². The highest BCUT2D eigenvalue weighted by atomic mass is 79.9. The van der Waals surface area contributed by atoms with E-state index in [4.69, 9.17) is 4.74 Å². The number of nitrogens with one attached hydrogen (secondary N) is 1. The number of hydrogen-bond donors (Lipinski definition) is 2. The molecule has 1 amide bonds. The third-order valence-electron chi connectivity index (χ3n) is 2.58. The van der Waals surface area contributed by atoms with Gasteiger partial charge in [0, 0.05) is 4.47 Å². The third-order valence-corrected chi connectivity index (χ3v) is 3.26. The summed E-state index contributed by atoms with van der Waals surface area (Å²) in [6.45, 7) is 4.54. The van der Waals surface area contributed by atoms with Crippen LogP contribution in [0.4, 0.5) is 18.0 Å². The molecular weight excluding hydrogens is 367 g/mol. The third kappa shape index (κ3) is 5.49. The molecule has 2 N–H and O–H groups in total. The molecule has 4 nitrogen and oxygen atoms in total. The van der Waals surface area contributed by atoms with Gasteiger partial charge in [-0.15, -0.1) is 0 Å². The number of carbonyl (C=O) groups excluding carboxylic acids is 1. The standard InChI is InChI=1S/C14H17BrF3NO3/c1-13(2,3)22-12(21)19-11(7-20)9-5-4-8(6-10(9)15)14(16,17)18/h4-6,11,20H,7H2,1-3H3,(H,19,21)/t11-/m1/s1. The van der Waals surface area contributed by atoms with E-state index in [9.17, 15) is 23.1 Å². The molecule has 0 aromatic heterocycles. The molecule has 124 valence electrons. The van der Waals surface area contributed by atoms with Gasteiger partial charge in [0.25, 0.3) is 0 Å². The number of alkyl halides is 3. The summed E-state index contributed by atoms with van der Waals surface area (Å²) in [6.07, 6.45) is -5.23. The van der Waals surface area contributed by atoms with E-state index in [1.807, 2.05) is 0 Å². The molecule has 1 atom stereocenters. The van der Waals surface area contributed by atoms with E-state index in [0.717, 1.165) is 12.1 Å². The van der Waals surface area contributed by atoms with Crippen molar-refractivity contribution in [1.82, 2.24) is 5.32 Å². The number of hydrogen-bond acceptors (Lipinski definition) is 3. The summed E-state index contributed by atoms with van der Waals surface area (Å²) in [6, 6.07) is 2.10. The smallest absolute Gasteiger partial charge is 0.416 e. The van der Waals surface area contributed by atoms with E-state index in [1.165, 1.54) is 6.07 Å². The molecule has 0 fully saturated rings. The van der Waals surface area contributed by atoms with Gasteiger partial charge in [-0.1, -0.05) is 22.0 Å². The summed E-state index contributed by atoms with van der Waals surface area (Å²) in [5.74, 6) is 0. The number of halogens is 4. The molecule has 0 heterocycles. The number of rotatable bonds is 3. The number of aliphatic hydroxyl groups excluding tert-OH is 1. The number of aliphatic hydroxyl groups is 1. The zero-order valence-electron chi connectivity index (χ0n) is 12.3. The van der Waals surface area contributed by atoms with Crippen LogP contribution in [0.3, 0.4) is 0 Å². The predicted molar refractivity (Wildman–Crippen MR) is 78.3 cm³/mol. The number of ether oxygens (including phenoxy) is 1. The van der Waals surface area contributed by atoms with Crippen LogP contribution in [0.15, 0.2) is 22.7 Å². The van der Waals surface area contributed by atoms with Crippen LogP contribution in [0.1, 0.15) is 37.9 Å². The zero-order chi connectivity index (χ0) is 17.1. The van der Waals surface area contributed by atoms with Gasteiger partial charge >= 0.3 is 12.3 Å². The van der Waals surface area contributed by atoms with Crippen LogP contribution in [0, 0.1) is 0 Å². The quantitative estimate of drug-likeness (QED) is 0.828. The second-order valence-corrected chi connectivity index (χ2v) is 6.47. The lowest BCUT2D eigenvalue weighted by Crippen LogP contribution is -2.36. The molecule has 0 radical (unpaired) electrons. The van der Waals surface area contributed by atoms with Crippen molar-refractivity contribution < 1.29 is 27.8 Å². The van der Waals surface area contributed by atoms with Crippen LogP contribution in [0.5, 0.6) is 0 Å². The summed E-state index contributed by atoms with van der Waals surface area (Å²) in [4.78, 5) is 11.7. The van der Waals surface area contributed by atoms with E-state index in [0.29, 0.717) is 5.56 Å². The maximum atomic E-state index is 12.6. The van der Waals surface area contributed by atoms with Crippen LogP contribution in [-0.4, -0.2) is 23.4 Å². The molecule has 0 spiro atoms. The Labute approximate surface area is 134 Å². The lowest BCUT2D eigenvalue weighted by atomic mass is 10.1. The average Bonchev–Trinajstić information content (AvgIpc) is 2.33. The van der Waals surface area contributed by atoms with Gasteiger partial charge in [-0.25, -0.2) is 4.79 Å². The van der Waals surface area contributed by atoms with Gasteiger partial charge in [-0.2, -0.15) is 13.2 Å². The molecule has 0 aliphatic carbocycles. The Morgan fingerprint density at radius 1 is 1.36 bits per heavy atom. The number of carbonyl (C=O) groups is 1. The van der Waals surface area contributed by atoms with Gasteiger partial charge in [0.05, 0.1) is 18.2 Å². The highest BCUT2D eigenvalue weighted by molar-refractivity contribution is 9.10. The fourth-order valence-corrected chi connectivity index (χ4v) is 2.31. The van der Waals surface area contributed by atoms with E-state index in [-0.39, 0.29) is 4.47 Å². The molecule has 1 aromatic carbocycles. The van der Waals surface area contributed by atoms with Gasteiger partial charge in [0.15, 0.2) is 0 Å². The summed E-state index contributed by atoms with van der Waals surface area (Å²) < 4.78 is 43.0. The minimum absolute atomic E-state index is 0.137. The second-order valence-electron chi connectivity index (χ2n) is 5.62. The van der Waals surface area contributed by atoms with Crippen LogP contribution in [0.25, 0.3) is 0 Å². The number of alkyl carbamates (subject to hydrolysis) is 1. The molecular formula is C14H17BrF3NO3. The second kappa shape index (κ2) is 6.87. The minimum atomic E-state index is -4.46. The fourth-order valence-electron chi connectivity index (χ4n) is 1.66. The van der Waals surface area contributed by atoms with Crippen molar-refractivity contribution >= 4 is 22.0 Å². The first-order chi connectivity index (χ1) is 9.94. The van der Waals surface area contributed by atoms with Crippen molar-refractivity contribution in [2.75, 3.05) is 6.61 Å². The van der Waals surface area contributed by atoms with Crippen LogP contribution in [0.2, 0.25) is 0 Å². The van der Waals surface area contributed by atoms with Gasteiger partial charge in [0.1, 0.15) is 5.60 Å². The molecule has 22 heavy (non-hydrogen) atoms. The molecule has 1 rings (SSSR count). The zero-order valence-corrected chi connectivity index (χ0v) is 13.9. The molecule has 1 aromatic rings. The maximum absolute atomic E-state index is 12.6. The highest BCUT2D eigenvalue weighted by Gasteiger charge is 2.31. The Hall–Kier alpha value is -1.28. The summed E-state index contributed by atoms with van der Waals surface area (Å²) in [5.41, 5.74) is -1.22. The van der Waals surface area contributed by atoms with Crippen LogP contribution in [-0.2, 0) is 10.9 Å². The predicted octanol–water partition coefficient (Wildman–Crippen LogP) is 4.03. The molecule has 0 bridgehead atoms. The first kappa shape index (κ1) is 18.8. The maximum Gasteiger partial charge on any atom is 0.416 e. The largest absolute Gasteiger partial charge is 0.444 e. The minimum Gasteiger partial charge on any atom is -0.444 e. The lowest BCUT2D eigenvalue weighted by molar-refractivity contribution is -0.137. The topological polar surface area (TPSA) is 58.6 Å². The molecule has 0 aliphatic heterocycles. The average molecular weight is 384 g/mol. The molecule has 0 aliphatic rings. The van der Waals surface area contributed by atoms with Crippen molar-refractivity contribution in [1.29, 1.82) is 0 Å². The Morgan fingerprint density at radius 2 is 1.95 bits per heavy atom. The molecule has 0 unspecified atom stereocenters. The van der Waals surface area contributed by atoms with Crippen molar-refractivity contribution in [3.8, 4) is 0 Å². The Bertz CT molecular complexity index is 541. The Morgan fingerprint density at radius 3 is 2.36 bits per heavy atom. The molecule has 0 saturated heterocycles. The van der Waals surface area contributed by atoms with Crippen molar-refractivity contribution in [2.24, 2.45) is 0 Å². The Balaban J connectivity index is 2.94. The van der Waals surface area contributed by atoms with Gasteiger partial charge in [-0.05, 0) is 38.5 Å². The first-order valence-corrected chi connectivity index (χ1v) is 7.20. The van der Waals surface area contributed by atoms with Crippen molar-refractivity contribution in [3.05, 3.63) is 33.8 Å². The lowest BCUT2D eigenvalue weighted by Gasteiger charge is -2.23. The van der Waals surface area contributed by atoms with Crippen LogP contribution >= 0.6 is 15.9 Å². The SMILES string of the molecule is CC(C)(C)OC(=O)N[C@H](CO)c1ccc(C(F)(F)F)cc1Br. The summed E-state index contributed by atoms with van der Waals surface area (Å²) in [5, 5.41) is 11.8. The van der Waals surface area contributed by atoms with E-state index >= 15 is 0 Å².